The number of nitrogens with one attached hydrogen (secondary N) is 1. The van der Waals surface area contributed by atoms with Gasteiger partial charge in [0.25, 0.3) is 0 Å². The van der Waals surface area contributed by atoms with Crippen LogP contribution in [-0.4, -0.2) is 40.5 Å². The van der Waals surface area contributed by atoms with Gasteiger partial charge in [-0.05, 0) is 47.0 Å². The number of carbonyl (C=O) groups is 1. The van der Waals surface area contributed by atoms with E-state index >= 15 is 0 Å². The summed E-state index contributed by atoms with van der Waals surface area (Å²) in [5, 5.41) is 0. The number of hydrogen-bond donors (Lipinski definition) is 1. The zero-order chi connectivity index (χ0) is 13.4. The van der Waals surface area contributed by atoms with Crippen LogP contribution < -0.4 is 4.72 Å². The third-order valence-electron chi connectivity index (χ3n) is 3.65. The molecule has 2 fully saturated rings. The van der Waals surface area contributed by atoms with Crippen molar-refractivity contribution in [3.63, 3.8) is 0 Å². The summed E-state index contributed by atoms with van der Waals surface area (Å²) in [7, 11) is 0. The van der Waals surface area contributed by atoms with Gasteiger partial charge in [0.1, 0.15) is 5.60 Å². The minimum Gasteiger partial charge on any atom is -0.444 e. The first kappa shape index (κ1) is 14.0. The van der Waals surface area contributed by atoms with Crippen molar-refractivity contribution in [3.05, 3.63) is 0 Å². The molecule has 0 radical (unpaired) electrons. The van der Waals surface area contributed by atoms with Crippen molar-refractivity contribution in [2.24, 2.45) is 0 Å². The van der Waals surface area contributed by atoms with Crippen LogP contribution in [-0.2, 0) is 4.74 Å². The monoisotopic (exact) mass is 272 g/mol. The summed E-state index contributed by atoms with van der Waals surface area (Å²) in [5.74, 6) is 1.18. The highest BCUT2D eigenvalue weighted by Gasteiger charge is 2.42. The predicted molar refractivity (Wildman–Crippen MR) is 74.6 cm³/mol. The van der Waals surface area contributed by atoms with Crippen molar-refractivity contribution in [1.82, 2.24) is 9.62 Å². The molecule has 0 aromatic carbocycles. The number of amides is 1. The van der Waals surface area contributed by atoms with E-state index in [4.69, 9.17) is 4.74 Å². The first-order valence-corrected chi connectivity index (χ1v) is 7.69. The number of likely N-dealkylation sites (tertiary alicyclic amines) is 1. The van der Waals surface area contributed by atoms with Crippen molar-refractivity contribution in [1.29, 1.82) is 0 Å². The summed E-state index contributed by atoms with van der Waals surface area (Å²) in [6, 6.07) is 0.250. The quantitative estimate of drug-likeness (QED) is 0.689. The average molecular weight is 272 g/mol. The number of hydrogen-bond acceptors (Lipinski definition) is 4. The Labute approximate surface area is 114 Å². The highest BCUT2D eigenvalue weighted by molar-refractivity contribution is 7.97. The number of piperidine rings is 1. The van der Waals surface area contributed by atoms with E-state index < -0.39 is 5.60 Å². The van der Waals surface area contributed by atoms with Crippen molar-refractivity contribution >= 4 is 18.0 Å². The summed E-state index contributed by atoms with van der Waals surface area (Å²) in [4.78, 5) is 14.0. The van der Waals surface area contributed by atoms with Gasteiger partial charge in [0, 0.05) is 23.9 Å². The Bertz CT molecular complexity index is 321. The van der Waals surface area contributed by atoms with Crippen LogP contribution in [0.3, 0.4) is 0 Å². The van der Waals surface area contributed by atoms with Crippen LogP contribution in [0.2, 0.25) is 0 Å². The van der Waals surface area contributed by atoms with Gasteiger partial charge >= 0.3 is 6.09 Å². The van der Waals surface area contributed by atoms with E-state index in [0.29, 0.717) is 0 Å². The highest BCUT2D eigenvalue weighted by Crippen LogP contribution is 2.36. The Morgan fingerprint density at radius 2 is 2.17 bits per heavy atom. The highest BCUT2D eigenvalue weighted by atomic mass is 32.2. The normalized spacial score (nSPS) is 32.9. The molecule has 0 bridgehead atoms. The molecule has 0 saturated carbocycles. The fourth-order valence-corrected chi connectivity index (χ4v) is 3.93. The molecule has 2 heterocycles. The van der Waals surface area contributed by atoms with Crippen LogP contribution >= 0.6 is 11.9 Å². The minimum atomic E-state index is -0.409. The fraction of sp³-hybridized carbons (Fsp3) is 0.923. The van der Waals surface area contributed by atoms with E-state index in [0.717, 1.165) is 19.4 Å². The minimum absolute atomic E-state index is 0.171. The number of rotatable bonds is 0. The lowest BCUT2D eigenvalue weighted by Gasteiger charge is -2.43. The second kappa shape index (κ2) is 4.93. The summed E-state index contributed by atoms with van der Waals surface area (Å²) in [6.45, 7) is 8.65. The van der Waals surface area contributed by atoms with Gasteiger partial charge in [-0.25, -0.2) is 4.79 Å². The van der Waals surface area contributed by atoms with Gasteiger partial charge in [0.2, 0.25) is 0 Å². The SMILES string of the molecule is C[C@H]1C[C@@]2(CCSN2)CCN1C(=O)OC(C)(C)C. The van der Waals surface area contributed by atoms with E-state index in [1.54, 1.807) is 0 Å². The van der Waals surface area contributed by atoms with Crippen molar-refractivity contribution < 1.29 is 9.53 Å². The first-order valence-electron chi connectivity index (χ1n) is 6.70. The Balaban J connectivity index is 1.95. The van der Waals surface area contributed by atoms with Gasteiger partial charge in [0.15, 0.2) is 0 Å². The molecule has 0 aliphatic carbocycles. The van der Waals surface area contributed by atoms with E-state index in [9.17, 15) is 4.79 Å². The summed E-state index contributed by atoms with van der Waals surface area (Å²) >= 11 is 1.82. The zero-order valence-corrected chi connectivity index (χ0v) is 12.6. The maximum absolute atomic E-state index is 12.1. The van der Waals surface area contributed by atoms with Gasteiger partial charge in [-0.15, -0.1) is 0 Å². The van der Waals surface area contributed by atoms with Crippen LogP contribution in [0.1, 0.15) is 47.0 Å². The Kier molecular flexibility index (Phi) is 3.83. The molecular weight excluding hydrogens is 248 g/mol. The van der Waals surface area contributed by atoms with Crippen LogP contribution in [0.5, 0.6) is 0 Å². The Morgan fingerprint density at radius 1 is 1.44 bits per heavy atom. The number of carbonyl (C=O) groups excluding carboxylic acids is 1. The molecule has 0 aromatic rings. The van der Waals surface area contributed by atoms with E-state index in [-0.39, 0.29) is 17.7 Å². The van der Waals surface area contributed by atoms with Gasteiger partial charge in [-0.1, -0.05) is 11.9 Å². The molecule has 104 valence electrons. The smallest absolute Gasteiger partial charge is 0.410 e. The molecule has 18 heavy (non-hydrogen) atoms. The van der Waals surface area contributed by atoms with Crippen LogP contribution in [0, 0.1) is 0 Å². The maximum Gasteiger partial charge on any atom is 0.410 e. The van der Waals surface area contributed by atoms with Crippen molar-refractivity contribution in [3.8, 4) is 0 Å². The van der Waals surface area contributed by atoms with Crippen LogP contribution in [0.4, 0.5) is 4.79 Å². The largest absolute Gasteiger partial charge is 0.444 e. The molecule has 2 aliphatic rings. The lowest BCUT2D eigenvalue weighted by molar-refractivity contribution is 0.00407. The van der Waals surface area contributed by atoms with E-state index in [1.165, 1.54) is 12.2 Å². The van der Waals surface area contributed by atoms with Crippen LogP contribution in [0.15, 0.2) is 0 Å². The van der Waals surface area contributed by atoms with Gasteiger partial charge in [-0.2, -0.15) is 0 Å². The van der Waals surface area contributed by atoms with E-state index in [2.05, 4.69) is 11.6 Å². The van der Waals surface area contributed by atoms with Gasteiger partial charge < -0.3 is 9.64 Å². The Hall–Kier alpha value is -0.420. The standard InChI is InChI=1S/C13H24N2O2S/c1-10-9-13(6-8-18-14-13)5-7-15(10)11(16)17-12(2,3)4/h10,14H,5-9H2,1-4H3/t10-,13-/m0/s1. The second-order valence-electron chi connectivity index (χ2n) is 6.46. The third-order valence-corrected chi connectivity index (χ3v) is 4.63. The Morgan fingerprint density at radius 3 is 2.67 bits per heavy atom. The first-order chi connectivity index (χ1) is 8.31. The molecule has 0 unspecified atom stereocenters. The summed E-state index contributed by atoms with van der Waals surface area (Å²) in [5.41, 5.74) is -0.157. The molecule has 0 aromatic heterocycles. The molecule has 2 aliphatic heterocycles. The molecule has 1 N–H and O–H groups in total. The number of ether oxygens (including phenoxy) is 1. The van der Waals surface area contributed by atoms with Crippen molar-refractivity contribution in [2.75, 3.05) is 12.3 Å². The van der Waals surface area contributed by atoms with E-state index in [1.807, 2.05) is 37.6 Å². The molecule has 2 atom stereocenters. The lowest BCUT2D eigenvalue weighted by Crippen LogP contribution is -2.55. The summed E-state index contributed by atoms with van der Waals surface area (Å²) < 4.78 is 9.01. The van der Waals surface area contributed by atoms with Crippen molar-refractivity contribution in [2.45, 2.75) is 64.1 Å². The molecule has 1 spiro atoms. The molecule has 2 rings (SSSR count). The molecule has 1 amide bonds. The topological polar surface area (TPSA) is 41.6 Å². The average Bonchev–Trinajstić information content (AvgIpc) is 2.63. The molecule has 2 saturated heterocycles. The second-order valence-corrected chi connectivity index (χ2v) is 7.36. The fourth-order valence-electron chi connectivity index (χ4n) is 2.75. The number of nitrogens with zero attached hydrogens (tertiary/aromatic N) is 1. The molecule has 4 nitrogen and oxygen atoms in total. The van der Waals surface area contributed by atoms with Gasteiger partial charge in [0.05, 0.1) is 0 Å². The predicted octanol–water partition coefficient (Wildman–Crippen LogP) is 2.79. The molecular formula is C13H24N2O2S. The zero-order valence-electron chi connectivity index (χ0n) is 11.8. The lowest BCUT2D eigenvalue weighted by atomic mass is 9.83. The maximum atomic E-state index is 12.1. The third kappa shape index (κ3) is 3.12. The summed E-state index contributed by atoms with van der Waals surface area (Å²) in [6.07, 6.45) is 3.10. The molecule has 5 heteroatoms. The van der Waals surface area contributed by atoms with Gasteiger partial charge in [-0.3, -0.25) is 4.72 Å². The van der Waals surface area contributed by atoms with Crippen LogP contribution in [0.25, 0.3) is 0 Å².